The second-order valence-corrected chi connectivity index (χ2v) is 3.03. The van der Waals surface area contributed by atoms with Gasteiger partial charge in [-0.3, -0.25) is 0 Å². The molecule has 5 atom stereocenters. The van der Waals surface area contributed by atoms with E-state index in [0.29, 0.717) is 6.42 Å². The van der Waals surface area contributed by atoms with Gasteiger partial charge >= 0.3 is 0 Å². The van der Waals surface area contributed by atoms with E-state index >= 15 is 0 Å². The molecule has 72 valence electrons. The Morgan fingerprint density at radius 1 is 1.25 bits per heavy atom. The SMILES string of the molecule is CCC1OC(O)[C@@H](N)[C@@H](O)C1O. The van der Waals surface area contributed by atoms with Crippen molar-refractivity contribution >= 4 is 0 Å². The monoisotopic (exact) mass is 177 g/mol. The van der Waals surface area contributed by atoms with Gasteiger partial charge in [0.15, 0.2) is 6.29 Å². The Hall–Kier alpha value is -0.200. The van der Waals surface area contributed by atoms with Gasteiger partial charge in [0.25, 0.3) is 0 Å². The summed E-state index contributed by atoms with van der Waals surface area (Å²) in [5.74, 6) is 0. The minimum atomic E-state index is -1.19. The first kappa shape index (κ1) is 9.88. The van der Waals surface area contributed by atoms with Crippen molar-refractivity contribution in [1.82, 2.24) is 0 Å². The Morgan fingerprint density at radius 3 is 2.33 bits per heavy atom. The van der Waals surface area contributed by atoms with Crippen molar-refractivity contribution in [3.05, 3.63) is 0 Å². The van der Waals surface area contributed by atoms with Crippen molar-refractivity contribution in [1.29, 1.82) is 0 Å². The molecule has 1 saturated heterocycles. The van der Waals surface area contributed by atoms with Gasteiger partial charge in [0.05, 0.1) is 12.1 Å². The fourth-order valence-electron chi connectivity index (χ4n) is 1.30. The zero-order valence-corrected chi connectivity index (χ0v) is 6.92. The van der Waals surface area contributed by atoms with E-state index in [2.05, 4.69) is 0 Å². The van der Waals surface area contributed by atoms with E-state index in [1.165, 1.54) is 0 Å². The Labute approximate surface area is 70.8 Å². The molecule has 5 nitrogen and oxygen atoms in total. The van der Waals surface area contributed by atoms with E-state index in [1.807, 2.05) is 0 Å². The van der Waals surface area contributed by atoms with Crippen LogP contribution in [0.1, 0.15) is 13.3 Å². The third kappa shape index (κ3) is 1.60. The fraction of sp³-hybridized carbons (Fsp3) is 1.00. The molecule has 3 unspecified atom stereocenters. The molecule has 0 amide bonds. The van der Waals surface area contributed by atoms with Gasteiger partial charge in [0.1, 0.15) is 12.2 Å². The Balaban J connectivity index is 2.63. The molecule has 0 aromatic carbocycles. The van der Waals surface area contributed by atoms with E-state index in [9.17, 15) is 10.2 Å². The predicted molar refractivity (Wildman–Crippen MR) is 41.2 cm³/mol. The van der Waals surface area contributed by atoms with Gasteiger partial charge in [-0.05, 0) is 6.42 Å². The zero-order valence-electron chi connectivity index (χ0n) is 6.92. The van der Waals surface area contributed by atoms with E-state index in [4.69, 9.17) is 15.6 Å². The van der Waals surface area contributed by atoms with Crippen molar-refractivity contribution < 1.29 is 20.1 Å². The van der Waals surface area contributed by atoms with Crippen LogP contribution in [0, 0.1) is 0 Å². The number of hydrogen-bond acceptors (Lipinski definition) is 5. The van der Waals surface area contributed by atoms with Gasteiger partial charge in [-0.1, -0.05) is 6.92 Å². The van der Waals surface area contributed by atoms with Crippen LogP contribution in [0.4, 0.5) is 0 Å². The Bertz CT molecular complexity index is 150. The van der Waals surface area contributed by atoms with Gasteiger partial charge in [-0.2, -0.15) is 0 Å². The van der Waals surface area contributed by atoms with Crippen LogP contribution >= 0.6 is 0 Å². The van der Waals surface area contributed by atoms with E-state index in [1.54, 1.807) is 6.92 Å². The zero-order chi connectivity index (χ0) is 9.30. The third-order valence-electron chi connectivity index (χ3n) is 2.17. The number of ether oxygens (including phenoxy) is 1. The number of hydrogen-bond donors (Lipinski definition) is 4. The minimum Gasteiger partial charge on any atom is -0.388 e. The maximum Gasteiger partial charge on any atom is 0.172 e. The number of aliphatic hydroxyl groups is 3. The highest BCUT2D eigenvalue weighted by atomic mass is 16.6. The van der Waals surface area contributed by atoms with Crippen LogP contribution < -0.4 is 5.73 Å². The summed E-state index contributed by atoms with van der Waals surface area (Å²) in [6.45, 7) is 1.80. The number of nitrogens with two attached hydrogens (primary N) is 1. The summed E-state index contributed by atoms with van der Waals surface area (Å²) in [6.07, 6.45) is -3.31. The second-order valence-electron chi connectivity index (χ2n) is 3.03. The van der Waals surface area contributed by atoms with Crippen LogP contribution in [0.5, 0.6) is 0 Å². The molecule has 0 radical (unpaired) electrons. The van der Waals surface area contributed by atoms with Crippen molar-refractivity contribution in [3.63, 3.8) is 0 Å². The highest BCUT2D eigenvalue weighted by Gasteiger charge is 2.40. The largest absolute Gasteiger partial charge is 0.388 e. The normalized spacial score (nSPS) is 49.2. The fourth-order valence-corrected chi connectivity index (χ4v) is 1.30. The molecule has 0 aromatic heterocycles. The van der Waals surface area contributed by atoms with Gasteiger partial charge in [0.2, 0.25) is 0 Å². The highest BCUT2D eigenvalue weighted by Crippen LogP contribution is 2.20. The lowest BCUT2D eigenvalue weighted by atomic mass is 9.96. The van der Waals surface area contributed by atoms with Crippen molar-refractivity contribution in [2.24, 2.45) is 5.73 Å². The van der Waals surface area contributed by atoms with Gasteiger partial charge in [0, 0.05) is 0 Å². The second kappa shape index (κ2) is 3.68. The van der Waals surface area contributed by atoms with Crippen LogP contribution in [0.15, 0.2) is 0 Å². The molecular weight excluding hydrogens is 162 g/mol. The molecule has 12 heavy (non-hydrogen) atoms. The molecule has 1 fully saturated rings. The maximum atomic E-state index is 9.36. The van der Waals surface area contributed by atoms with E-state index < -0.39 is 30.6 Å². The molecule has 0 bridgehead atoms. The summed E-state index contributed by atoms with van der Waals surface area (Å²) in [5, 5.41) is 27.8. The molecule has 0 aromatic rings. The summed E-state index contributed by atoms with van der Waals surface area (Å²) < 4.78 is 4.95. The summed E-state index contributed by atoms with van der Waals surface area (Å²) >= 11 is 0. The van der Waals surface area contributed by atoms with Gasteiger partial charge in [-0.25, -0.2) is 0 Å². The smallest absolute Gasteiger partial charge is 0.172 e. The molecule has 5 heteroatoms. The van der Waals surface area contributed by atoms with E-state index in [0.717, 1.165) is 0 Å². The quantitative estimate of drug-likeness (QED) is 0.377. The van der Waals surface area contributed by atoms with E-state index in [-0.39, 0.29) is 0 Å². The molecular formula is C7H15NO4. The van der Waals surface area contributed by atoms with Gasteiger partial charge < -0.3 is 25.8 Å². The predicted octanol–water partition coefficient (Wildman–Crippen LogP) is -1.84. The summed E-state index contributed by atoms with van der Waals surface area (Å²) in [6, 6.07) is -0.928. The van der Waals surface area contributed by atoms with Crippen LogP contribution in [0.2, 0.25) is 0 Å². The Morgan fingerprint density at radius 2 is 1.83 bits per heavy atom. The molecule has 1 aliphatic rings. The average molecular weight is 177 g/mol. The third-order valence-corrected chi connectivity index (χ3v) is 2.17. The van der Waals surface area contributed by atoms with Gasteiger partial charge in [-0.15, -0.1) is 0 Å². The van der Waals surface area contributed by atoms with Crippen LogP contribution in [0.3, 0.4) is 0 Å². The first-order chi connectivity index (χ1) is 5.57. The summed E-state index contributed by atoms with van der Waals surface area (Å²) in [5.41, 5.74) is 5.34. The standard InChI is InChI=1S/C7H15NO4/c1-2-3-5(9)6(10)4(8)7(11)12-3/h3-7,9-11H,2,8H2,1H3/t3?,4-,5?,6+,7?/m0/s1. The Kier molecular flexibility index (Phi) is 3.03. The first-order valence-corrected chi connectivity index (χ1v) is 4.03. The first-order valence-electron chi connectivity index (χ1n) is 4.03. The summed E-state index contributed by atoms with van der Waals surface area (Å²) in [4.78, 5) is 0. The molecule has 0 aliphatic carbocycles. The molecule has 1 rings (SSSR count). The topological polar surface area (TPSA) is 95.9 Å². The lowest BCUT2D eigenvalue weighted by molar-refractivity contribution is -0.242. The maximum absolute atomic E-state index is 9.36. The molecule has 1 aliphatic heterocycles. The molecule has 5 N–H and O–H groups in total. The molecule has 1 heterocycles. The average Bonchev–Trinajstić information content (AvgIpc) is 2.08. The van der Waals surface area contributed by atoms with Crippen LogP contribution in [-0.2, 0) is 4.74 Å². The molecule has 0 spiro atoms. The molecule has 0 saturated carbocycles. The van der Waals surface area contributed by atoms with Crippen molar-refractivity contribution in [2.75, 3.05) is 0 Å². The summed E-state index contributed by atoms with van der Waals surface area (Å²) in [7, 11) is 0. The number of aliphatic hydroxyl groups excluding tert-OH is 3. The van der Waals surface area contributed by atoms with Crippen LogP contribution in [-0.4, -0.2) is 46.0 Å². The number of rotatable bonds is 1. The lowest BCUT2D eigenvalue weighted by Gasteiger charge is -2.38. The van der Waals surface area contributed by atoms with Crippen molar-refractivity contribution in [2.45, 2.75) is 44.0 Å². The van der Waals surface area contributed by atoms with Crippen LogP contribution in [0.25, 0.3) is 0 Å². The highest BCUT2D eigenvalue weighted by molar-refractivity contribution is 4.90. The lowest BCUT2D eigenvalue weighted by Crippen LogP contribution is -2.60. The van der Waals surface area contributed by atoms with Crippen molar-refractivity contribution in [3.8, 4) is 0 Å². The minimum absolute atomic E-state index is 0.530.